The number of hydrazone groups is 1. The second kappa shape index (κ2) is 11.7. The summed E-state index contributed by atoms with van der Waals surface area (Å²) >= 11 is 15.5. The van der Waals surface area contributed by atoms with Crippen molar-refractivity contribution in [3.05, 3.63) is 110 Å². The molecule has 0 aliphatic heterocycles. The number of halogens is 3. The van der Waals surface area contributed by atoms with Crippen molar-refractivity contribution < 1.29 is 13.2 Å². The van der Waals surface area contributed by atoms with Gasteiger partial charge in [0.05, 0.1) is 16.8 Å². The lowest BCUT2D eigenvalue weighted by atomic mass is 10.2. The summed E-state index contributed by atoms with van der Waals surface area (Å²) in [6, 6.07) is 21.9. The van der Waals surface area contributed by atoms with E-state index >= 15 is 0 Å². The number of hydrogen-bond acceptors (Lipinski definition) is 4. The maximum Gasteiger partial charge on any atom is 0.264 e. The van der Waals surface area contributed by atoms with E-state index in [1.165, 1.54) is 36.5 Å². The Kier molecular flexibility index (Phi) is 8.62. The average Bonchev–Trinajstić information content (AvgIpc) is 3.16. The summed E-state index contributed by atoms with van der Waals surface area (Å²) in [6.07, 6.45) is 1.53. The van der Waals surface area contributed by atoms with Crippen molar-refractivity contribution in [2.24, 2.45) is 5.10 Å². The molecule has 0 unspecified atom stereocenters. The quantitative estimate of drug-likeness (QED) is 0.177. The van der Waals surface area contributed by atoms with Crippen LogP contribution in [0.25, 0.3) is 5.69 Å². The first-order valence-corrected chi connectivity index (χ1v) is 14.4. The molecule has 4 rings (SSSR count). The summed E-state index contributed by atoms with van der Waals surface area (Å²) in [4.78, 5) is 12.8. The van der Waals surface area contributed by atoms with Crippen molar-refractivity contribution in [3.63, 3.8) is 0 Å². The van der Waals surface area contributed by atoms with Crippen molar-refractivity contribution in [2.45, 2.75) is 18.7 Å². The van der Waals surface area contributed by atoms with E-state index in [0.29, 0.717) is 10.0 Å². The van der Waals surface area contributed by atoms with Crippen molar-refractivity contribution >= 4 is 67.0 Å². The number of carbonyl (C=O) groups excluding carboxylic acids is 1. The third-order valence-electron chi connectivity index (χ3n) is 5.73. The lowest BCUT2D eigenvalue weighted by Crippen LogP contribution is -2.39. The number of amides is 1. The van der Waals surface area contributed by atoms with Crippen molar-refractivity contribution in [1.29, 1.82) is 0 Å². The van der Waals surface area contributed by atoms with Gasteiger partial charge in [0.1, 0.15) is 6.54 Å². The predicted molar refractivity (Wildman–Crippen MR) is 156 cm³/mol. The second-order valence-corrected chi connectivity index (χ2v) is 12.0. The van der Waals surface area contributed by atoms with Crippen LogP contribution in [0.15, 0.2) is 93.3 Å². The van der Waals surface area contributed by atoms with Crippen LogP contribution in [0.5, 0.6) is 0 Å². The molecule has 0 aliphatic rings. The fourth-order valence-electron chi connectivity index (χ4n) is 3.93. The minimum absolute atomic E-state index is 0.0152. The smallest absolute Gasteiger partial charge is 0.264 e. The van der Waals surface area contributed by atoms with E-state index in [1.54, 1.807) is 18.2 Å². The van der Waals surface area contributed by atoms with Gasteiger partial charge in [0.15, 0.2) is 0 Å². The van der Waals surface area contributed by atoms with E-state index in [0.717, 1.165) is 31.4 Å². The number of rotatable bonds is 8. The number of aromatic nitrogens is 1. The van der Waals surface area contributed by atoms with Crippen LogP contribution >= 0.6 is 39.1 Å². The minimum atomic E-state index is -4.11. The molecule has 1 N–H and O–H groups in total. The van der Waals surface area contributed by atoms with E-state index < -0.39 is 22.5 Å². The van der Waals surface area contributed by atoms with Gasteiger partial charge < -0.3 is 4.57 Å². The number of nitrogens with one attached hydrogen (secondary N) is 1. The average molecular weight is 634 g/mol. The van der Waals surface area contributed by atoms with Gasteiger partial charge in [0, 0.05) is 37.2 Å². The Hall–Kier alpha value is -3.11. The highest BCUT2D eigenvalue weighted by Crippen LogP contribution is 2.27. The van der Waals surface area contributed by atoms with Crippen molar-refractivity contribution in [1.82, 2.24) is 9.99 Å². The number of aryl methyl sites for hydroxylation is 1. The molecule has 0 spiro atoms. The maximum atomic E-state index is 13.4. The fraction of sp³-hybridized carbons (Fsp3) is 0.111. The molecule has 3 aromatic carbocycles. The van der Waals surface area contributed by atoms with Gasteiger partial charge in [-0.25, -0.2) is 13.8 Å². The molecule has 11 heteroatoms. The van der Waals surface area contributed by atoms with E-state index in [4.69, 9.17) is 23.2 Å². The SMILES string of the molecule is Cc1cc(/C=N\NC(=O)CN(c2cccc(Cl)c2)S(=O)(=O)c2ccc(Cl)cc2)c(C)n1-c1ccc(Br)cc1. The third kappa shape index (κ3) is 6.30. The van der Waals surface area contributed by atoms with E-state index in [9.17, 15) is 13.2 Å². The van der Waals surface area contributed by atoms with Crippen molar-refractivity contribution in [3.8, 4) is 5.69 Å². The topological polar surface area (TPSA) is 83.8 Å². The Morgan fingerprint density at radius 3 is 2.34 bits per heavy atom. The zero-order valence-corrected chi connectivity index (χ0v) is 24.3. The minimum Gasteiger partial charge on any atom is -0.318 e. The highest BCUT2D eigenvalue weighted by Gasteiger charge is 2.27. The first-order chi connectivity index (χ1) is 18.1. The summed E-state index contributed by atoms with van der Waals surface area (Å²) in [7, 11) is -4.11. The normalized spacial score (nSPS) is 11.6. The first-order valence-electron chi connectivity index (χ1n) is 11.4. The molecule has 0 aliphatic carbocycles. The monoisotopic (exact) mass is 632 g/mol. The lowest BCUT2D eigenvalue weighted by Gasteiger charge is -2.23. The summed E-state index contributed by atoms with van der Waals surface area (Å²) in [5.41, 5.74) is 6.42. The lowest BCUT2D eigenvalue weighted by molar-refractivity contribution is -0.119. The van der Waals surface area contributed by atoms with Crippen LogP contribution in [-0.2, 0) is 14.8 Å². The van der Waals surface area contributed by atoms with Crippen LogP contribution in [0, 0.1) is 13.8 Å². The van der Waals surface area contributed by atoms with E-state index in [1.807, 2.05) is 44.2 Å². The molecule has 0 bridgehead atoms. The third-order valence-corrected chi connectivity index (χ3v) is 8.54. The van der Waals surface area contributed by atoms with Crippen LogP contribution in [0.4, 0.5) is 5.69 Å². The summed E-state index contributed by atoms with van der Waals surface area (Å²) < 4.78 is 30.9. The molecule has 1 aromatic heterocycles. The molecule has 7 nitrogen and oxygen atoms in total. The molecule has 0 fully saturated rings. The molecular formula is C27H23BrCl2N4O3S. The van der Waals surface area contributed by atoms with E-state index in [-0.39, 0.29) is 10.6 Å². The van der Waals surface area contributed by atoms with Crippen LogP contribution in [0.1, 0.15) is 17.0 Å². The first kappa shape index (κ1) is 27.9. The Labute approximate surface area is 239 Å². The van der Waals surface area contributed by atoms with Gasteiger partial charge in [-0.15, -0.1) is 0 Å². The Balaban J connectivity index is 1.55. The summed E-state index contributed by atoms with van der Waals surface area (Å²) in [6.45, 7) is 3.42. The zero-order valence-electron chi connectivity index (χ0n) is 20.4. The van der Waals surface area contributed by atoms with Gasteiger partial charge in [-0.1, -0.05) is 45.2 Å². The molecule has 0 radical (unpaired) electrons. The predicted octanol–water partition coefficient (Wildman–Crippen LogP) is 6.51. The fourth-order valence-corrected chi connectivity index (χ4v) is 5.91. The summed E-state index contributed by atoms with van der Waals surface area (Å²) in [5.74, 6) is -0.625. The van der Waals surface area contributed by atoms with Gasteiger partial charge in [0.2, 0.25) is 0 Å². The number of sulfonamides is 1. The van der Waals surface area contributed by atoms with Gasteiger partial charge in [-0.2, -0.15) is 5.10 Å². The molecular weight excluding hydrogens is 611 g/mol. The van der Waals surface area contributed by atoms with Crippen LogP contribution in [0.2, 0.25) is 10.0 Å². The maximum absolute atomic E-state index is 13.4. The van der Waals surface area contributed by atoms with Crippen molar-refractivity contribution in [2.75, 3.05) is 10.8 Å². The van der Waals surface area contributed by atoms with E-state index in [2.05, 4.69) is 31.0 Å². The van der Waals surface area contributed by atoms with Crippen LogP contribution in [-0.4, -0.2) is 31.7 Å². The number of hydrogen-bond donors (Lipinski definition) is 1. The number of benzene rings is 3. The Morgan fingerprint density at radius 1 is 1.00 bits per heavy atom. The molecule has 38 heavy (non-hydrogen) atoms. The molecule has 0 saturated carbocycles. The number of nitrogens with zero attached hydrogens (tertiary/aromatic N) is 3. The van der Waals surface area contributed by atoms with Crippen LogP contribution in [0.3, 0.4) is 0 Å². The molecule has 1 heterocycles. The Bertz CT molecular complexity index is 1600. The highest BCUT2D eigenvalue weighted by molar-refractivity contribution is 9.10. The van der Waals surface area contributed by atoms with Gasteiger partial charge in [-0.05, 0) is 86.6 Å². The molecule has 0 saturated heterocycles. The summed E-state index contributed by atoms with van der Waals surface area (Å²) in [5, 5.41) is 4.81. The Morgan fingerprint density at radius 2 is 1.68 bits per heavy atom. The number of carbonyl (C=O) groups is 1. The van der Waals surface area contributed by atoms with Gasteiger partial charge in [0.25, 0.3) is 15.9 Å². The zero-order chi connectivity index (χ0) is 27.4. The molecule has 0 atom stereocenters. The largest absolute Gasteiger partial charge is 0.318 e. The molecule has 196 valence electrons. The molecule has 4 aromatic rings. The van der Waals surface area contributed by atoms with Gasteiger partial charge >= 0.3 is 0 Å². The highest BCUT2D eigenvalue weighted by atomic mass is 79.9. The number of anilines is 1. The van der Waals surface area contributed by atoms with Crippen LogP contribution < -0.4 is 9.73 Å². The second-order valence-electron chi connectivity index (χ2n) is 8.38. The standard InChI is InChI=1S/C27H23BrCl2N4O3S/c1-18-14-20(19(2)34(18)24-10-6-21(28)7-11-24)16-31-32-27(35)17-33(25-5-3-4-23(30)15-25)38(36,37)26-12-8-22(29)9-13-26/h3-16H,17H2,1-2H3,(H,32,35)/b31-16-. The molecule has 1 amide bonds. The van der Waals surface area contributed by atoms with Gasteiger partial charge in [-0.3, -0.25) is 9.10 Å².